The zero-order valence-electron chi connectivity index (χ0n) is 10.5. The van der Waals surface area contributed by atoms with E-state index in [1.165, 1.54) is 6.42 Å². The highest BCUT2D eigenvalue weighted by atomic mass is 16.5. The van der Waals surface area contributed by atoms with Gasteiger partial charge in [-0.2, -0.15) is 0 Å². The van der Waals surface area contributed by atoms with Crippen molar-refractivity contribution in [1.29, 1.82) is 0 Å². The fraction of sp³-hybridized carbons (Fsp3) is 1.00. The van der Waals surface area contributed by atoms with Gasteiger partial charge in [-0.05, 0) is 31.7 Å². The minimum atomic E-state index is 0.377. The van der Waals surface area contributed by atoms with Crippen LogP contribution in [0.15, 0.2) is 0 Å². The molecule has 0 fully saturated rings. The van der Waals surface area contributed by atoms with Crippen molar-refractivity contribution in [3.8, 4) is 0 Å². The van der Waals surface area contributed by atoms with Crippen LogP contribution in [0.4, 0.5) is 0 Å². The third-order valence-corrected chi connectivity index (χ3v) is 2.50. The summed E-state index contributed by atoms with van der Waals surface area (Å²) >= 11 is 0. The molecule has 0 amide bonds. The van der Waals surface area contributed by atoms with Crippen molar-refractivity contribution in [2.75, 3.05) is 19.7 Å². The summed E-state index contributed by atoms with van der Waals surface area (Å²) in [4.78, 5) is 0. The molecule has 14 heavy (non-hydrogen) atoms. The number of rotatable bonds is 8. The van der Waals surface area contributed by atoms with Crippen LogP contribution in [0.25, 0.3) is 0 Å². The molecular formula is C12H27NO. The Morgan fingerprint density at radius 3 is 2.14 bits per heavy atom. The summed E-state index contributed by atoms with van der Waals surface area (Å²) in [5, 5.41) is 3.39. The Kier molecular flexibility index (Phi) is 8.20. The minimum Gasteiger partial charge on any atom is -0.377 e. The molecule has 2 nitrogen and oxygen atoms in total. The van der Waals surface area contributed by atoms with Crippen molar-refractivity contribution < 1.29 is 4.74 Å². The Morgan fingerprint density at radius 1 is 1.00 bits per heavy atom. The van der Waals surface area contributed by atoms with Crippen LogP contribution in [0.1, 0.15) is 41.0 Å². The average molecular weight is 201 g/mol. The largest absolute Gasteiger partial charge is 0.377 e. The lowest BCUT2D eigenvalue weighted by Crippen LogP contribution is -2.25. The molecule has 0 heterocycles. The molecule has 0 spiro atoms. The van der Waals surface area contributed by atoms with Crippen molar-refractivity contribution in [1.82, 2.24) is 5.32 Å². The third kappa shape index (κ3) is 8.52. The molecule has 0 aromatic carbocycles. The van der Waals surface area contributed by atoms with Gasteiger partial charge in [0.15, 0.2) is 0 Å². The second-order valence-corrected chi connectivity index (χ2v) is 4.75. The lowest BCUT2D eigenvalue weighted by Gasteiger charge is -2.16. The number of hydrogen-bond acceptors (Lipinski definition) is 2. The maximum Gasteiger partial charge on any atom is 0.0594 e. The van der Waals surface area contributed by atoms with Crippen LogP contribution in [-0.4, -0.2) is 25.8 Å². The third-order valence-electron chi connectivity index (χ3n) is 2.50. The van der Waals surface area contributed by atoms with Gasteiger partial charge in [-0.25, -0.2) is 0 Å². The van der Waals surface area contributed by atoms with Gasteiger partial charge >= 0.3 is 0 Å². The molecule has 0 saturated carbocycles. The van der Waals surface area contributed by atoms with E-state index in [2.05, 4.69) is 39.9 Å². The second-order valence-electron chi connectivity index (χ2n) is 4.75. The molecule has 0 aliphatic carbocycles. The maximum absolute atomic E-state index is 5.65. The molecule has 1 atom stereocenters. The molecule has 86 valence electrons. The molecule has 2 heteroatoms. The molecule has 1 N–H and O–H groups in total. The first-order chi connectivity index (χ1) is 6.54. The van der Waals surface area contributed by atoms with Gasteiger partial charge in [0, 0.05) is 6.54 Å². The monoisotopic (exact) mass is 201 g/mol. The highest BCUT2D eigenvalue weighted by Crippen LogP contribution is 2.04. The van der Waals surface area contributed by atoms with E-state index in [-0.39, 0.29) is 0 Å². The van der Waals surface area contributed by atoms with Crippen molar-refractivity contribution in [2.45, 2.75) is 47.1 Å². The number of hydrogen-bond donors (Lipinski definition) is 1. The van der Waals surface area contributed by atoms with E-state index >= 15 is 0 Å². The lowest BCUT2D eigenvalue weighted by atomic mass is 10.1. The summed E-state index contributed by atoms with van der Waals surface area (Å²) in [6.07, 6.45) is 1.63. The molecule has 1 unspecified atom stereocenters. The first kappa shape index (κ1) is 13.9. The number of ether oxygens (including phenoxy) is 1. The van der Waals surface area contributed by atoms with Gasteiger partial charge in [-0.1, -0.05) is 27.7 Å². The summed E-state index contributed by atoms with van der Waals surface area (Å²) in [6, 6.07) is 0. The smallest absolute Gasteiger partial charge is 0.0594 e. The average Bonchev–Trinajstić information content (AvgIpc) is 2.09. The maximum atomic E-state index is 5.65. The predicted molar refractivity (Wildman–Crippen MR) is 62.6 cm³/mol. The molecule has 0 aliphatic rings. The van der Waals surface area contributed by atoms with Gasteiger partial charge in [-0.15, -0.1) is 0 Å². The number of nitrogens with one attached hydrogen (secondary N) is 1. The van der Waals surface area contributed by atoms with Crippen LogP contribution >= 0.6 is 0 Å². The van der Waals surface area contributed by atoms with E-state index in [1.54, 1.807) is 0 Å². The van der Waals surface area contributed by atoms with Crippen LogP contribution in [-0.2, 0) is 4.74 Å². The normalized spacial score (nSPS) is 13.9. The van der Waals surface area contributed by atoms with E-state index in [1.807, 2.05) is 0 Å². The van der Waals surface area contributed by atoms with Crippen molar-refractivity contribution in [3.05, 3.63) is 0 Å². The topological polar surface area (TPSA) is 21.3 Å². The highest BCUT2D eigenvalue weighted by Gasteiger charge is 2.05. The predicted octanol–water partition coefficient (Wildman–Crippen LogP) is 2.68. The molecule has 0 aliphatic heterocycles. The summed E-state index contributed by atoms with van der Waals surface area (Å²) in [5.41, 5.74) is 0. The van der Waals surface area contributed by atoms with Crippen LogP contribution < -0.4 is 5.32 Å². The zero-order valence-corrected chi connectivity index (χ0v) is 10.5. The van der Waals surface area contributed by atoms with Gasteiger partial charge < -0.3 is 10.1 Å². The van der Waals surface area contributed by atoms with Crippen molar-refractivity contribution in [3.63, 3.8) is 0 Å². The van der Waals surface area contributed by atoms with Gasteiger partial charge in [-0.3, -0.25) is 0 Å². The quantitative estimate of drug-likeness (QED) is 0.610. The fourth-order valence-electron chi connectivity index (χ4n) is 1.03. The Labute approximate surface area is 89.4 Å². The molecule has 0 rings (SSSR count). The van der Waals surface area contributed by atoms with Crippen LogP contribution in [0.2, 0.25) is 0 Å². The van der Waals surface area contributed by atoms with E-state index in [9.17, 15) is 0 Å². The SMILES string of the molecule is CC(C)CCNCCOC(C)C(C)C. The summed E-state index contributed by atoms with van der Waals surface area (Å²) in [7, 11) is 0. The Morgan fingerprint density at radius 2 is 1.64 bits per heavy atom. The highest BCUT2D eigenvalue weighted by molar-refractivity contribution is 4.56. The molecular weight excluding hydrogens is 174 g/mol. The van der Waals surface area contributed by atoms with Crippen LogP contribution in [0.5, 0.6) is 0 Å². The zero-order chi connectivity index (χ0) is 11.0. The van der Waals surface area contributed by atoms with E-state index in [0.29, 0.717) is 12.0 Å². The van der Waals surface area contributed by atoms with Crippen LogP contribution in [0.3, 0.4) is 0 Å². The first-order valence-electron chi connectivity index (χ1n) is 5.86. The van der Waals surface area contributed by atoms with Crippen molar-refractivity contribution in [2.24, 2.45) is 11.8 Å². The Bertz CT molecular complexity index is 123. The van der Waals surface area contributed by atoms with Gasteiger partial charge in [0.1, 0.15) is 0 Å². The van der Waals surface area contributed by atoms with Gasteiger partial charge in [0.25, 0.3) is 0 Å². The fourth-order valence-corrected chi connectivity index (χ4v) is 1.03. The van der Waals surface area contributed by atoms with Gasteiger partial charge in [0.2, 0.25) is 0 Å². The first-order valence-corrected chi connectivity index (χ1v) is 5.86. The minimum absolute atomic E-state index is 0.377. The van der Waals surface area contributed by atoms with E-state index in [0.717, 1.165) is 25.6 Å². The van der Waals surface area contributed by atoms with Crippen LogP contribution in [0, 0.1) is 11.8 Å². The molecule has 0 radical (unpaired) electrons. The second kappa shape index (κ2) is 8.25. The molecule has 0 bridgehead atoms. The summed E-state index contributed by atoms with van der Waals surface area (Å²) < 4.78 is 5.65. The summed E-state index contributed by atoms with van der Waals surface area (Å²) in [6.45, 7) is 13.9. The summed E-state index contributed by atoms with van der Waals surface area (Å²) in [5.74, 6) is 1.41. The standard InChI is InChI=1S/C12H27NO/c1-10(2)6-7-13-8-9-14-12(5)11(3)4/h10-13H,6-9H2,1-5H3. The van der Waals surface area contributed by atoms with Gasteiger partial charge in [0.05, 0.1) is 12.7 Å². The molecule has 0 aromatic heterocycles. The molecule has 0 aromatic rings. The van der Waals surface area contributed by atoms with E-state index < -0.39 is 0 Å². The Balaban J connectivity index is 3.13. The lowest BCUT2D eigenvalue weighted by molar-refractivity contribution is 0.0374. The molecule has 0 saturated heterocycles. The Hall–Kier alpha value is -0.0800. The van der Waals surface area contributed by atoms with Crippen molar-refractivity contribution >= 4 is 0 Å². The van der Waals surface area contributed by atoms with E-state index in [4.69, 9.17) is 4.74 Å².